The second-order valence-electron chi connectivity index (χ2n) is 4.76. The van der Waals surface area contributed by atoms with Gasteiger partial charge in [-0.15, -0.1) is 0 Å². The topological polar surface area (TPSA) is 72.2 Å². The van der Waals surface area contributed by atoms with E-state index in [-0.39, 0.29) is 5.91 Å². The fourth-order valence-electron chi connectivity index (χ4n) is 1.98. The molecule has 1 saturated carbocycles. The molecule has 1 aliphatic carbocycles. The molecule has 0 aromatic carbocycles. The molecule has 6 heteroatoms. The van der Waals surface area contributed by atoms with E-state index in [0.29, 0.717) is 22.2 Å². The highest BCUT2D eigenvalue weighted by Gasteiger charge is 2.31. The summed E-state index contributed by atoms with van der Waals surface area (Å²) in [4.78, 5) is 16.9. The molecule has 20 heavy (non-hydrogen) atoms. The van der Waals surface area contributed by atoms with E-state index < -0.39 is 10.8 Å². The summed E-state index contributed by atoms with van der Waals surface area (Å²) in [5.41, 5.74) is 0.567. The molecule has 0 bridgehead atoms. The second kappa shape index (κ2) is 5.20. The number of rotatable bonds is 4. The van der Waals surface area contributed by atoms with Crippen LogP contribution in [0.5, 0.6) is 0 Å². The van der Waals surface area contributed by atoms with E-state index in [0.717, 1.165) is 18.6 Å². The first-order valence-electron chi connectivity index (χ1n) is 6.33. The molecule has 1 amide bonds. The lowest BCUT2D eigenvalue weighted by Crippen LogP contribution is -2.13. The molecule has 104 valence electrons. The zero-order valence-corrected chi connectivity index (χ0v) is 11.8. The summed E-state index contributed by atoms with van der Waals surface area (Å²) in [6.45, 7) is 0. The van der Waals surface area contributed by atoms with Crippen molar-refractivity contribution >= 4 is 22.5 Å². The standard InChI is InChI=1S/C14H14N2O3S/c1-20(18)10-4-5-12(15-8-10)16-14(17)11-6-7-19-13(11)9-2-3-9/h4-9H,2-3H2,1H3,(H,15,16,17). The summed E-state index contributed by atoms with van der Waals surface area (Å²) >= 11 is 0. The van der Waals surface area contributed by atoms with Crippen LogP contribution >= 0.6 is 0 Å². The van der Waals surface area contributed by atoms with Crippen LogP contribution in [-0.4, -0.2) is 21.4 Å². The molecule has 0 radical (unpaired) electrons. The summed E-state index contributed by atoms with van der Waals surface area (Å²) in [6.07, 6.45) is 6.77. The van der Waals surface area contributed by atoms with Crippen molar-refractivity contribution < 1.29 is 13.4 Å². The Balaban J connectivity index is 1.75. The average Bonchev–Trinajstić information content (AvgIpc) is 3.16. The van der Waals surface area contributed by atoms with Gasteiger partial charge in [-0.2, -0.15) is 0 Å². The van der Waals surface area contributed by atoms with Gasteiger partial charge in [-0.25, -0.2) is 4.98 Å². The minimum atomic E-state index is -1.07. The first kappa shape index (κ1) is 13.1. The van der Waals surface area contributed by atoms with E-state index >= 15 is 0 Å². The molecule has 1 atom stereocenters. The largest absolute Gasteiger partial charge is 0.468 e. The zero-order chi connectivity index (χ0) is 14.1. The molecule has 1 aliphatic rings. The summed E-state index contributed by atoms with van der Waals surface area (Å²) in [6, 6.07) is 5.01. The molecule has 2 aromatic heterocycles. The molecule has 3 rings (SSSR count). The zero-order valence-electron chi connectivity index (χ0n) is 11.0. The van der Waals surface area contributed by atoms with Crippen molar-refractivity contribution in [3.8, 4) is 0 Å². The number of anilines is 1. The van der Waals surface area contributed by atoms with Crippen molar-refractivity contribution in [3.63, 3.8) is 0 Å². The lowest BCUT2D eigenvalue weighted by molar-refractivity contribution is 0.102. The summed E-state index contributed by atoms with van der Waals surface area (Å²) in [7, 11) is -1.07. The highest BCUT2D eigenvalue weighted by Crippen LogP contribution is 2.42. The van der Waals surface area contributed by atoms with Gasteiger partial charge in [-0.3, -0.25) is 9.00 Å². The molecule has 5 nitrogen and oxygen atoms in total. The lowest BCUT2D eigenvalue weighted by Gasteiger charge is -2.05. The van der Waals surface area contributed by atoms with E-state index in [1.54, 1.807) is 30.7 Å². The van der Waals surface area contributed by atoms with Gasteiger partial charge in [0.2, 0.25) is 0 Å². The lowest BCUT2D eigenvalue weighted by atomic mass is 10.2. The number of nitrogens with zero attached hydrogens (tertiary/aromatic N) is 1. The summed E-state index contributed by atoms with van der Waals surface area (Å²) in [5, 5.41) is 2.72. The van der Waals surface area contributed by atoms with Crippen molar-refractivity contribution in [1.29, 1.82) is 0 Å². The molecular formula is C14H14N2O3S. The van der Waals surface area contributed by atoms with Gasteiger partial charge in [-0.05, 0) is 31.0 Å². The first-order chi connectivity index (χ1) is 9.65. The molecule has 0 aliphatic heterocycles. The van der Waals surface area contributed by atoms with Crippen LogP contribution in [0.3, 0.4) is 0 Å². The van der Waals surface area contributed by atoms with E-state index in [4.69, 9.17) is 4.42 Å². The van der Waals surface area contributed by atoms with Gasteiger partial charge in [0.15, 0.2) is 0 Å². The van der Waals surface area contributed by atoms with Crippen molar-refractivity contribution in [3.05, 3.63) is 42.0 Å². The summed E-state index contributed by atoms with van der Waals surface area (Å²) in [5.74, 6) is 1.35. The average molecular weight is 290 g/mol. The quantitative estimate of drug-likeness (QED) is 0.939. The van der Waals surface area contributed by atoms with Crippen molar-refractivity contribution in [2.24, 2.45) is 0 Å². The smallest absolute Gasteiger partial charge is 0.260 e. The number of furan rings is 1. The van der Waals surface area contributed by atoms with Crippen molar-refractivity contribution in [1.82, 2.24) is 4.98 Å². The van der Waals surface area contributed by atoms with Crippen LogP contribution in [0.25, 0.3) is 0 Å². The third-order valence-corrected chi connectivity index (χ3v) is 4.10. The Morgan fingerprint density at radius 1 is 1.40 bits per heavy atom. The highest BCUT2D eigenvalue weighted by molar-refractivity contribution is 7.84. The van der Waals surface area contributed by atoms with Gasteiger partial charge in [0, 0.05) is 18.4 Å². The number of carbonyl (C=O) groups excluding carboxylic acids is 1. The Labute approximate surface area is 118 Å². The highest BCUT2D eigenvalue weighted by atomic mass is 32.2. The molecule has 2 heterocycles. The SMILES string of the molecule is CS(=O)c1ccc(NC(=O)c2ccoc2C2CC2)nc1. The maximum absolute atomic E-state index is 12.2. The maximum Gasteiger partial charge on any atom is 0.260 e. The van der Waals surface area contributed by atoms with E-state index in [9.17, 15) is 9.00 Å². The Morgan fingerprint density at radius 3 is 2.80 bits per heavy atom. The number of carbonyl (C=O) groups is 1. The van der Waals surface area contributed by atoms with Gasteiger partial charge in [-0.1, -0.05) is 0 Å². The van der Waals surface area contributed by atoms with E-state index in [2.05, 4.69) is 10.3 Å². The maximum atomic E-state index is 12.2. The van der Waals surface area contributed by atoms with E-state index in [1.165, 1.54) is 6.20 Å². The third kappa shape index (κ3) is 2.65. The monoisotopic (exact) mass is 290 g/mol. The van der Waals surface area contributed by atoms with Crippen LogP contribution in [0.2, 0.25) is 0 Å². The Bertz CT molecular complexity index is 659. The Hall–Kier alpha value is -1.95. The second-order valence-corrected chi connectivity index (χ2v) is 6.14. The Kier molecular flexibility index (Phi) is 3.40. The normalized spacial score (nSPS) is 15.8. The molecular weight excluding hydrogens is 276 g/mol. The predicted octanol–water partition coefficient (Wildman–Crippen LogP) is 2.54. The van der Waals surface area contributed by atoms with E-state index in [1.807, 2.05) is 0 Å². The van der Waals surface area contributed by atoms with Gasteiger partial charge in [0.05, 0.1) is 27.5 Å². The van der Waals surface area contributed by atoms with Gasteiger partial charge in [0.25, 0.3) is 5.91 Å². The third-order valence-electron chi connectivity index (χ3n) is 3.20. The van der Waals surface area contributed by atoms with Crippen LogP contribution in [0.15, 0.2) is 40.0 Å². The summed E-state index contributed by atoms with van der Waals surface area (Å²) < 4.78 is 16.6. The van der Waals surface area contributed by atoms with Crippen molar-refractivity contribution in [2.45, 2.75) is 23.7 Å². The fraction of sp³-hybridized carbons (Fsp3) is 0.286. The van der Waals surface area contributed by atoms with Crippen molar-refractivity contribution in [2.75, 3.05) is 11.6 Å². The predicted molar refractivity (Wildman–Crippen MR) is 75.2 cm³/mol. The molecule has 2 aromatic rings. The number of pyridine rings is 1. The number of hydrogen-bond acceptors (Lipinski definition) is 4. The van der Waals surface area contributed by atoms with Crippen LogP contribution in [0, 0.1) is 0 Å². The number of amides is 1. The van der Waals surface area contributed by atoms with Crippen LogP contribution in [0.4, 0.5) is 5.82 Å². The van der Waals surface area contributed by atoms with Gasteiger partial charge < -0.3 is 9.73 Å². The van der Waals surface area contributed by atoms with Crippen LogP contribution in [-0.2, 0) is 10.8 Å². The molecule has 0 spiro atoms. The Morgan fingerprint density at radius 2 is 2.20 bits per heavy atom. The minimum Gasteiger partial charge on any atom is -0.468 e. The molecule has 1 unspecified atom stereocenters. The minimum absolute atomic E-state index is 0.224. The van der Waals surface area contributed by atoms with Gasteiger partial charge >= 0.3 is 0 Å². The first-order valence-corrected chi connectivity index (χ1v) is 7.89. The van der Waals surface area contributed by atoms with Crippen LogP contribution < -0.4 is 5.32 Å². The molecule has 1 fully saturated rings. The number of hydrogen-bond donors (Lipinski definition) is 1. The number of nitrogens with one attached hydrogen (secondary N) is 1. The number of aromatic nitrogens is 1. The molecule has 0 saturated heterocycles. The fourth-order valence-corrected chi connectivity index (χ4v) is 2.44. The van der Waals surface area contributed by atoms with Crippen LogP contribution in [0.1, 0.15) is 34.9 Å². The molecule has 1 N–H and O–H groups in total. The van der Waals surface area contributed by atoms with Gasteiger partial charge in [0.1, 0.15) is 11.6 Å².